The summed E-state index contributed by atoms with van der Waals surface area (Å²) in [5, 5.41) is 2.76. The number of thiazole rings is 1. The smallest absolute Gasteiger partial charge is 0.297 e. The maximum Gasteiger partial charge on any atom is 0.297 e. The standard InChI is InChI=1S/C20H10Br2N2O3S/c21-11-3-1-10(2-4-11)16-15-17(25)13-9-12(22)5-6-14(13)27-18(15)19(26)24(16)20-23-7-8-28-20/h1-9,16H/t16-/m1/s1. The zero-order chi connectivity index (χ0) is 19.4. The summed E-state index contributed by atoms with van der Waals surface area (Å²) in [5.74, 6) is -0.289. The molecule has 28 heavy (non-hydrogen) atoms. The molecule has 3 heterocycles. The Morgan fingerprint density at radius 1 is 1.04 bits per heavy atom. The summed E-state index contributed by atoms with van der Waals surface area (Å²) in [5.41, 5.74) is 1.33. The predicted molar refractivity (Wildman–Crippen MR) is 115 cm³/mol. The minimum Gasteiger partial charge on any atom is -0.450 e. The van der Waals surface area contributed by atoms with Gasteiger partial charge in [-0.1, -0.05) is 44.0 Å². The summed E-state index contributed by atoms with van der Waals surface area (Å²) in [6.45, 7) is 0. The zero-order valence-electron chi connectivity index (χ0n) is 14.1. The molecule has 0 N–H and O–H groups in total. The number of amides is 1. The van der Waals surface area contributed by atoms with Gasteiger partial charge in [0.1, 0.15) is 5.58 Å². The Hall–Kier alpha value is -2.29. The van der Waals surface area contributed by atoms with Crippen LogP contribution in [0.25, 0.3) is 11.0 Å². The van der Waals surface area contributed by atoms with Gasteiger partial charge in [-0.2, -0.15) is 0 Å². The first-order valence-electron chi connectivity index (χ1n) is 8.29. The van der Waals surface area contributed by atoms with Crippen LogP contribution >= 0.6 is 43.2 Å². The van der Waals surface area contributed by atoms with Gasteiger partial charge in [-0.15, -0.1) is 11.3 Å². The highest BCUT2D eigenvalue weighted by Gasteiger charge is 2.44. The lowest BCUT2D eigenvalue weighted by molar-refractivity contribution is 0.0971. The third kappa shape index (κ3) is 2.67. The minimum atomic E-state index is -0.596. The topological polar surface area (TPSA) is 63.4 Å². The fourth-order valence-corrected chi connectivity index (χ4v) is 4.73. The molecule has 1 amide bonds. The van der Waals surface area contributed by atoms with E-state index in [9.17, 15) is 9.59 Å². The first-order chi connectivity index (χ1) is 13.5. The fourth-order valence-electron chi connectivity index (χ4n) is 3.44. The molecule has 1 aliphatic heterocycles. The number of rotatable bonds is 2. The van der Waals surface area contributed by atoms with Gasteiger partial charge in [0.25, 0.3) is 5.91 Å². The minimum absolute atomic E-state index is 0.0722. The zero-order valence-corrected chi connectivity index (χ0v) is 18.0. The summed E-state index contributed by atoms with van der Waals surface area (Å²) in [6, 6.07) is 12.1. The van der Waals surface area contributed by atoms with Crippen LogP contribution in [0.3, 0.4) is 0 Å². The van der Waals surface area contributed by atoms with E-state index in [1.807, 2.05) is 24.3 Å². The second-order valence-electron chi connectivity index (χ2n) is 6.26. The van der Waals surface area contributed by atoms with E-state index < -0.39 is 6.04 Å². The van der Waals surface area contributed by atoms with Crippen molar-refractivity contribution in [1.82, 2.24) is 4.98 Å². The summed E-state index contributed by atoms with van der Waals surface area (Å²) in [4.78, 5) is 32.5. The van der Waals surface area contributed by atoms with Gasteiger partial charge in [0.05, 0.1) is 17.0 Å². The Morgan fingerprint density at radius 3 is 2.50 bits per heavy atom. The van der Waals surface area contributed by atoms with E-state index in [1.54, 1.807) is 29.8 Å². The van der Waals surface area contributed by atoms with Gasteiger partial charge >= 0.3 is 0 Å². The second-order valence-corrected chi connectivity index (χ2v) is 8.96. The molecule has 2 aromatic carbocycles. The van der Waals surface area contributed by atoms with Crippen molar-refractivity contribution in [3.8, 4) is 0 Å². The molecular formula is C20H10Br2N2O3S. The molecule has 5 nitrogen and oxygen atoms in total. The Labute approximate surface area is 179 Å². The van der Waals surface area contributed by atoms with E-state index in [4.69, 9.17) is 4.42 Å². The molecule has 4 aromatic rings. The van der Waals surface area contributed by atoms with Crippen LogP contribution in [0.5, 0.6) is 0 Å². The van der Waals surface area contributed by atoms with E-state index in [-0.39, 0.29) is 17.1 Å². The van der Waals surface area contributed by atoms with Crippen LogP contribution in [0.15, 0.2) is 72.2 Å². The molecule has 8 heteroatoms. The summed E-state index contributed by atoms with van der Waals surface area (Å²) in [6.07, 6.45) is 1.64. The molecule has 0 aliphatic carbocycles. The van der Waals surface area contributed by atoms with Gasteiger partial charge in [0.15, 0.2) is 10.6 Å². The number of halogens is 2. The summed E-state index contributed by atoms with van der Waals surface area (Å²) >= 11 is 8.17. The number of carbonyl (C=O) groups excluding carboxylic acids is 1. The van der Waals surface area contributed by atoms with E-state index in [0.717, 1.165) is 14.5 Å². The van der Waals surface area contributed by atoms with Crippen molar-refractivity contribution in [2.24, 2.45) is 0 Å². The molecule has 0 bridgehead atoms. The lowest BCUT2D eigenvalue weighted by Gasteiger charge is -2.22. The number of hydrogen-bond donors (Lipinski definition) is 0. The van der Waals surface area contributed by atoms with Crippen molar-refractivity contribution in [1.29, 1.82) is 0 Å². The van der Waals surface area contributed by atoms with Crippen LogP contribution in [0.1, 0.15) is 27.7 Å². The molecule has 138 valence electrons. The highest BCUT2D eigenvalue weighted by atomic mass is 79.9. The van der Waals surface area contributed by atoms with Crippen molar-refractivity contribution in [3.63, 3.8) is 0 Å². The number of fused-ring (bicyclic) bond motifs is 2. The van der Waals surface area contributed by atoms with E-state index in [1.165, 1.54) is 16.2 Å². The van der Waals surface area contributed by atoms with E-state index in [2.05, 4.69) is 36.8 Å². The molecule has 0 unspecified atom stereocenters. The number of benzene rings is 2. The molecule has 0 radical (unpaired) electrons. The maximum atomic E-state index is 13.4. The van der Waals surface area contributed by atoms with Crippen molar-refractivity contribution in [2.75, 3.05) is 4.90 Å². The normalized spacial score (nSPS) is 16.0. The van der Waals surface area contributed by atoms with E-state index in [0.29, 0.717) is 21.7 Å². The number of carbonyl (C=O) groups is 1. The van der Waals surface area contributed by atoms with Gasteiger partial charge in [-0.25, -0.2) is 4.98 Å². The number of hydrogen-bond acceptors (Lipinski definition) is 5. The average molecular weight is 518 g/mol. The van der Waals surface area contributed by atoms with Crippen molar-refractivity contribution >= 4 is 65.2 Å². The third-order valence-electron chi connectivity index (χ3n) is 4.64. The molecule has 2 aromatic heterocycles. The van der Waals surface area contributed by atoms with Crippen molar-refractivity contribution < 1.29 is 9.21 Å². The SMILES string of the molecule is O=C1c2oc3ccc(Br)cc3c(=O)c2[C@@H](c2ccc(Br)cc2)N1c1nccs1. The second kappa shape index (κ2) is 6.65. The predicted octanol–water partition coefficient (Wildman–Crippen LogP) is 5.52. The van der Waals surface area contributed by atoms with E-state index >= 15 is 0 Å². The van der Waals surface area contributed by atoms with Gasteiger partial charge in [-0.05, 0) is 35.9 Å². The molecule has 1 atom stereocenters. The Bertz CT molecular complexity index is 1280. The van der Waals surface area contributed by atoms with Gasteiger partial charge in [0.2, 0.25) is 5.76 Å². The maximum absolute atomic E-state index is 13.4. The first kappa shape index (κ1) is 17.8. The molecule has 0 saturated carbocycles. The van der Waals surface area contributed by atoms with Crippen LogP contribution < -0.4 is 10.3 Å². The first-order valence-corrected chi connectivity index (χ1v) is 10.8. The summed E-state index contributed by atoms with van der Waals surface area (Å²) in [7, 11) is 0. The number of anilines is 1. The van der Waals surface area contributed by atoms with Crippen LogP contribution in [0.4, 0.5) is 5.13 Å². The average Bonchev–Trinajstić information content (AvgIpc) is 3.30. The quantitative estimate of drug-likeness (QED) is 0.351. The van der Waals surface area contributed by atoms with Gasteiger partial charge < -0.3 is 4.42 Å². The molecule has 5 rings (SSSR count). The van der Waals surface area contributed by atoms with Crippen LogP contribution in [-0.4, -0.2) is 10.9 Å². The molecule has 0 spiro atoms. The summed E-state index contributed by atoms with van der Waals surface area (Å²) < 4.78 is 7.60. The molecular weight excluding hydrogens is 508 g/mol. The van der Waals surface area contributed by atoms with Gasteiger partial charge in [-0.3, -0.25) is 14.5 Å². The Morgan fingerprint density at radius 2 is 1.79 bits per heavy atom. The molecule has 1 aliphatic rings. The van der Waals surface area contributed by atoms with Crippen molar-refractivity contribution in [3.05, 3.63) is 90.1 Å². The third-order valence-corrected chi connectivity index (χ3v) is 6.44. The van der Waals surface area contributed by atoms with Gasteiger partial charge in [0, 0.05) is 20.5 Å². The number of aromatic nitrogens is 1. The Balaban J connectivity index is 1.83. The monoisotopic (exact) mass is 516 g/mol. The van der Waals surface area contributed by atoms with Crippen LogP contribution in [0.2, 0.25) is 0 Å². The highest BCUT2D eigenvalue weighted by molar-refractivity contribution is 9.10. The lowest BCUT2D eigenvalue weighted by atomic mass is 9.99. The fraction of sp³-hybridized carbons (Fsp3) is 0.0500. The highest BCUT2D eigenvalue weighted by Crippen LogP contribution is 2.42. The number of nitrogens with zero attached hydrogens (tertiary/aromatic N) is 2. The molecule has 0 fully saturated rings. The largest absolute Gasteiger partial charge is 0.450 e. The van der Waals surface area contributed by atoms with Crippen LogP contribution in [-0.2, 0) is 0 Å². The van der Waals surface area contributed by atoms with Crippen molar-refractivity contribution in [2.45, 2.75) is 6.04 Å². The molecule has 0 saturated heterocycles. The Kier molecular flexibility index (Phi) is 4.22. The van der Waals surface area contributed by atoms with Crippen LogP contribution in [0, 0.1) is 0 Å². The lowest BCUT2D eigenvalue weighted by Crippen LogP contribution is -2.29.